The Morgan fingerprint density at radius 2 is 1.89 bits per heavy atom. The van der Waals surface area contributed by atoms with Gasteiger partial charge in [-0.05, 0) is 36.6 Å². The second kappa shape index (κ2) is 9.04. The van der Waals surface area contributed by atoms with Crippen molar-refractivity contribution in [3.05, 3.63) is 70.2 Å². The van der Waals surface area contributed by atoms with Gasteiger partial charge in [0.1, 0.15) is 0 Å². The summed E-state index contributed by atoms with van der Waals surface area (Å²) >= 11 is 3.41. The second-order valence-electron chi connectivity index (χ2n) is 6.81. The molecule has 2 atom stereocenters. The molecule has 0 radical (unpaired) electrons. The summed E-state index contributed by atoms with van der Waals surface area (Å²) in [5.41, 5.74) is 2.27. The molecule has 5 nitrogen and oxygen atoms in total. The Hall–Kier alpha value is -2.34. The van der Waals surface area contributed by atoms with Gasteiger partial charge in [0.25, 0.3) is 0 Å². The lowest BCUT2D eigenvalue weighted by molar-refractivity contribution is -0.129. The van der Waals surface area contributed by atoms with E-state index in [-0.39, 0.29) is 24.0 Å². The minimum atomic E-state index is -0.223. The van der Waals surface area contributed by atoms with Crippen LogP contribution in [0, 0.1) is 0 Å². The van der Waals surface area contributed by atoms with Crippen molar-refractivity contribution in [2.45, 2.75) is 31.8 Å². The van der Waals surface area contributed by atoms with Crippen molar-refractivity contribution in [3.8, 4) is 0 Å². The van der Waals surface area contributed by atoms with Crippen LogP contribution in [0.25, 0.3) is 0 Å². The number of carbonyl (C=O) groups is 2. The van der Waals surface area contributed by atoms with Crippen molar-refractivity contribution in [2.24, 2.45) is 0 Å². The Bertz CT molecular complexity index is 780. The van der Waals surface area contributed by atoms with E-state index in [9.17, 15) is 9.59 Å². The number of carbonyl (C=O) groups excluding carboxylic acids is 2. The Labute approximate surface area is 168 Å². The normalized spacial score (nSPS) is 17.6. The number of hydrogen-bond donors (Lipinski definition) is 2. The molecule has 142 valence electrons. The van der Waals surface area contributed by atoms with Gasteiger partial charge < -0.3 is 15.5 Å². The minimum absolute atomic E-state index is 0.00552. The van der Waals surface area contributed by atoms with E-state index in [2.05, 4.69) is 26.6 Å². The molecule has 0 bridgehead atoms. The maximum absolute atomic E-state index is 12.4. The molecule has 1 heterocycles. The van der Waals surface area contributed by atoms with Crippen LogP contribution in [0.4, 0.5) is 4.79 Å². The van der Waals surface area contributed by atoms with Gasteiger partial charge >= 0.3 is 6.03 Å². The highest BCUT2D eigenvalue weighted by Crippen LogP contribution is 2.25. The average Bonchev–Trinajstić information content (AvgIpc) is 3.03. The monoisotopic (exact) mass is 429 g/mol. The van der Waals surface area contributed by atoms with E-state index in [0.29, 0.717) is 19.5 Å². The SMILES string of the molecule is CC(c1ccccc1)N1CC(NC(=O)NCCc2ccc(Br)cc2)CC1=O. The Balaban J connectivity index is 1.45. The third-order valence-corrected chi connectivity index (χ3v) is 5.38. The third-order valence-electron chi connectivity index (χ3n) is 4.86. The summed E-state index contributed by atoms with van der Waals surface area (Å²) in [4.78, 5) is 26.3. The van der Waals surface area contributed by atoms with Crippen LogP contribution < -0.4 is 10.6 Å². The molecular weight excluding hydrogens is 406 g/mol. The van der Waals surface area contributed by atoms with Crippen LogP contribution in [-0.2, 0) is 11.2 Å². The molecule has 3 amide bonds. The molecule has 0 aromatic heterocycles. The van der Waals surface area contributed by atoms with Gasteiger partial charge in [0, 0.05) is 24.0 Å². The Morgan fingerprint density at radius 3 is 2.59 bits per heavy atom. The van der Waals surface area contributed by atoms with Crippen molar-refractivity contribution in [1.29, 1.82) is 0 Å². The average molecular weight is 430 g/mol. The first-order chi connectivity index (χ1) is 13.0. The summed E-state index contributed by atoms with van der Waals surface area (Å²) in [5, 5.41) is 5.79. The molecule has 2 unspecified atom stereocenters. The molecule has 1 saturated heterocycles. The summed E-state index contributed by atoms with van der Waals surface area (Å²) in [6.07, 6.45) is 1.11. The van der Waals surface area contributed by atoms with Crippen LogP contribution in [0.5, 0.6) is 0 Å². The van der Waals surface area contributed by atoms with Gasteiger partial charge in [-0.15, -0.1) is 0 Å². The fraction of sp³-hybridized carbons (Fsp3) is 0.333. The number of likely N-dealkylation sites (tertiary alicyclic amines) is 1. The van der Waals surface area contributed by atoms with E-state index in [1.165, 1.54) is 0 Å². The molecule has 2 aromatic carbocycles. The summed E-state index contributed by atoms with van der Waals surface area (Å²) in [5.74, 6) is 0.0755. The minimum Gasteiger partial charge on any atom is -0.338 e. The summed E-state index contributed by atoms with van der Waals surface area (Å²) in [6, 6.07) is 17.6. The smallest absolute Gasteiger partial charge is 0.315 e. The molecule has 2 N–H and O–H groups in total. The van der Waals surface area contributed by atoms with Crippen molar-refractivity contribution in [3.63, 3.8) is 0 Å². The number of halogens is 1. The molecule has 0 saturated carbocycles. The van der Waals surface area contributed by atoms with Gasteiger partial charge in [0.15, 0.2) is 0 Å². The first-order valence-corrected chi connectivity index (χ1v) is 9.95. The van der Waals surface area contributed by atoms with Crippen molar-refractivity contribution < 1.29 is 9.59 Å². The first-order valence-electron chi connectivity index (χ1n) is 9.16. The topological polar surface area (TPSA) is 61.4 Å². The predicted octanol–water partition coefficient (Wildman–Crippen LogP) is 3.65. The highest BCUT2D eigenvalue weighted by Gasteiger charge is 2.33. The molecule has 1 aliphatic rings. The number of urea groups is 1. The van der Waals surface area contributed by atoms with Crippen LogP contribution in [0.3, 0.4) is 0 Å². The maximum atomic E-state index is 12.4. The lowest BCUT2D eigenvalue weighted by Gasteiger charge is -2.25. The van der Waals surface area contributed by atoms with Gasteiger partial charge in [-0.1, -0.05) is 58.4 Å². The highest BCUT2D eigenvalue weighted by atomic mass is 79.9. The summed E-state index contributed by atoms with van der Waals surface area (Å²) in [6.45, 7) is 3.11. The van der Waals surface area contributed by atoms with Crippen molar-refractivity contribution >= 4 is 27.9 Å². The lowest BCUT2D eigenvalue weighted by Crippen LogP contribution is -2.44. The number of amides is 3. The first kappa shape index (κ1) is 19.4. The fourth-order valence-electron chi connectivity index (χ4n) is 3.32. The number of hydrogen-bond acceptors (Lipinski definition) is 2. The van der Waals surface area contributed by atoms with E-state index in [1.807, 2.05) is 66.4 Å². The van der Waals surface area contributed by atoms with Crippen LogP contribution in [0.15, 0.2) is 59.1 Å². The molecule has 0 spiro atoms. The standard InChI is InChI=1S/C21H24BrN3O2/c1-15(17-5-3-2-4-6-17)25-14-19(13-20(25)26)24-21(27)23-12-11-16-7-9-18(22)10-8-16/h2-10,15,19H,11-14H2,1H3,(H2,23,24,27). The van der Waals surface area contributed by atoms with E-state index in [1.54, 1.807) is 0 Å². The molecule has 27 heavy (non-hydrogen) atoms. The molecular formula is C21H24BrN3O2. The second-order valence-corrected chi connectivity index (χ2v) is 7.73. The Morgan fingerprint density at radius 1 is 1.19 bits per heavy atom. The molecule has 6 heteroatoms. The largest absolute Gasteiger partial charge is 0.338 e. The quantitative estimate of drug-likeness (QED) is 0.735. The van der Waals surface area contributed by atoms with E-state index >= 15 is 0 Å². The number of nitrogens with zero attached hydrogens (tertiary/aromatic N) is 1. The zero-order valence-electron chi connectivity index (χ0n) is 15.3. The third kappa shape index (κ3) is 5.32. The fourth-order valence-corrected chi connectivity index (χ4v) is 3.59. The summed E-state index contributed by atoms with van der Waals surface area (Å²) in [7, 11) is 0. The maximum Gasteiger partial charge on any atom is 0.315 e. The molecule has 1 fully saturated rings. The number of nitrogens with one attached hydrogen (secondary N) is 2. The zero-order valence-corrected chi connectivity index (χ0v) is 16.9. The molecule has 2 aromatic rings. The van der Waals surface area contributed by atoms with Gasteiger partial charge in [0.2, 0.25) is 5.91 Å². The molecule has 0 aliphatic carbocycles. The molecule has 3 rings (SSSR count). The van der Waals surface area contributed by atoms with E-state index in [0.717, 1.165) is 22.0 Å². The lowest BCUT2D eigenvalue weighted by atomic mass is 10.1. The van der Waals surface area contributed by atoms with Gasteiger partial charge in [-0.3, -0.25) is 4.79 Å². The van der Waals surface area contributed by atoms with Crippen LogP contribution >= 0.6 is 15.9 Å². The van der Waals surface area contributed by atoms with Crippen LogP contribution in [-0.4, -0.2) is 36.0 Å². The van der Waals surface area contributed by atoms with Gasteiger partial charge in [-0.25, -0.2) is 4.79 Å². The van der Waals surface area contributed by atoms with Crippen LogP contribution in [0.2, 0.25) is 0 Å². The van der Waals surface area contributed by atoms with E-state index in [4.69, 9.17) is 0 Å². The van der Waals surface area contributed by atoms with Crippen molar-refractivity contribution in [1.82, 2.24) is 15.5 Å². The van der Waals surface area contributed by atoms with Gasteiger partial charge in [-0.2, -0.15) is 0 Å². The summed E-state index contributed by atoms with van der Waals surface area (Å²) < 4.78 is 1.04. The van der Waals surface area contributed by atoms with Crippen molar-refractivity contribution in [2.75, 3.05) is 13.1 Å². The highest BCUT2D eigenvalue weighted by molar-refractivity contribution is 9.10. The Kier molecular flexibility index (Phi) is 6.50. The van der Waals surface area contributed by atoms with E-state index < -0.39 is 0 Å². The molecule has 1 aliphatic heterocycles. The number of rotatable bonds is 6. The van der Waals surface area contributed by atoms with Gasteiger partial charge in [0.05, 0.1) is 12.1 Å². The van der Waals surface area contributed by atoms with Crippen LogP contribution in [0.1, 0.15) is 30.5 Å². The number of benzene rings is 2. The predicted molar refractivity (Wildman–Crippen MR) is 109 cm³/mol. The zero-order chi connectivity index (χ0) is 19.2.